The van der Waals surface area contributed by atoms with E-state index in [4.69, 9.17) is 0 Å². The Bertz CT molecular complexity index is 807. The van der Waals surface area contributed by atoms with Crippen LogP contribution in [0.4, 0.5) is 0 Å². The van der Waals surface area contributed by atoms with Gasteiger partial charge in [-0.05, 0) is 17.7 Å². The van der Waals surface area contributed by atoms with Gasteiger partial charge in [-0.1, -0.05) is 30.3 Å². The summed E-state index contributed by atoms with van der Waals surface area (Å²) in [5.41, 5.74) is 1.71. The number of pyridine rings is 1. The van der Waals surface area contributed by atoms with Crippen LogP contribution in [-0.2, 0) is 0 Å². The number of phenolic OH excluding ortho intramolecular Hbond substituents is 2. The van der Waals surface area contributed by atoms with E-state index in [0.717, 1.165) is 5.56 Å². The van der Waals surface area contributed by atoms with Crippen LogP contribution in [0, 0.1) is 0 Å². The summed E-state index contributed by atoms with van der Waals surface area (Å²) in [6.45, 7) is 0. The van der Waals surface area contributed by atoms with E-state index < -0.39 is 5.75 Å². The Hall–Kier alpha value is -2.75. The molecule has 0 aliphatic heterocycles. The fourth-order valence-corrected chi connectivity index (χ4v) is 2.09. The van der Waals surface area contributed by atoms with Crippen molar-refractivity contribution in [2.45, 2.75) is 0 Å². The van der Waals surface area contributed by atoms with Gasteiger partial charge in [0.2, 0.25) is 0 Å². The van der Waals surface area contributed by atoms with Crippen LogP contribution in [-0.4, -0.2) is 15.2 Å². The van der Waals surface area contributed by atoms with E-state index in [1.54, 1.807) is 6.07 Å². The Morgan fingerprint density at radius 1 is 0.947 bits per heavy atom. The van der Waals surface area contributed by atoms with E-state index in [1.807, 2.05) is 30.3 Å². The lowest BCUT2D eigenvalue weighted by molar-refractivity contribution is 0.408. The van der Waals surface area contributed by atoms with Crippen LogP contribution in [0.5, 0.6) is 11.5 Å². The maximum atomic E-state index is 12.1. The number of aromatic amines is 1. The van der Waals surface area contributed by atoms with Crippen LogP contribution < -0.4 is 5.43 Å². The summed E-state index contributed by atoms with van der Waals surface area (Å²) in [5.74, 6) is -0.691. The van der Waals surface area contributed by atoms with E-state index in [1.165, 1.54) is 12.1 Å². The lowest BCUT2D eigenvalue weighted by Gasteiger charge is -2.06. The molecule has 3 N–H and O–H groups in total. The third-order valence-corrected chi connectivity index (χ3v) is 3.03. The van der Waals surface area contributed by atoms with Crippen molar-refractivity contribution in [3.63, 3.8) is 0 Å². The topological polar surface area (TPSA) is 73.3 Å². The van der Waals surface area contributed by atoms with Gasteiger partial charge in [-0.15, -0.1) is 0 Å². The van der Waals surface area contributed by atoms with Crippen LogP contribution in [0.25, 0.3) is 22.2 Å². The zero-order valence-electron chi connectivity index (χ0n) is 9.92. The summed E-state index contributed by atoms with van der Waals surface area (Å²) < 4.78 is 0. The first-order valence-corrected chi connectivity index (χ1v) is 5.80. The molecule has 0 fully saturated rings. The Morgan fingerprint density at radius 3 is 2.42 bits per heavy atom. The molecule has 4 nitrogen and oxygen atoms in total. The number of fused-ring (bicyclic) bond motifs is 1. The Morgan fingerprint density at radius 2 is 1.68 bits per heavy atom. The molecule has 0 amide bonds. The van der Waals surface area contributed by atoms with Gasteiger partial charge in [-0.3, -0.25) is 4.79 Å². The number of H-pyrrole nitrogens is 1. The molecular weight excluding hydrogens is 242 g/mol. The predicted molar refractivity (Wildman–Crippen MR) is 73.3 cm³/mol. The summed E-state index contributed by atoms with van der Waals surface area (Å²) in [4.78, 5) is 15.1. The predicted octanol–water partition coefficient (Wildman–Crippen LogP) is 2.61. The van der Waals surface area contributed by atoms with Crippen molar-refractivity contribution in [3.8, 4) is 22.8 Å². The van der Waals surface area contributed by atoms with Crippen molar-refractivity contribution in [2.75, 3.05) is 0 Å². The fraction of sp³-hybridized carbons (Fsp3) is 0. The summed E-state index contributed by atoms with van der Waals surface area (Å²) in [6, 6.07) is 13.8. The number of nitrogens with one attached hydrogen (secondary N) is 1. The van der Waals surface area contributed by atoms with Crippen molar-refractivity contribution < 1.29 is 10.2 Å². The first-order chi connectivity index (χ1) is 9.16. The number of hydrogen-bond acceptors (Lipinski definition) is 3. The number of phenols is 2. The standard InChI is InChI=1S/C15H11NO3/c17-12-7-6-10-14(15(12)19)13(18)8-11(16-10)9-4-2-1-3-5-9/h1-8,17,19H,(H,16,18). The number of aromatic hydroxyl groups is 2. The van der Waals surface area contributed by atoms with E-state index in [0.29, 0.717) is 11.2 Å². The van der Waals surface area contributed by atoms with Gasteiger partial charge in [0, 0.05) is 11.8 Å². The summed E-state index contributed by atoms with van der Waals surface area (Å²) in [6.07, 6.45) is 0. The fourth-order valence-electron chi connectivity index (χ4n) is 2.09. The molecule has 0 spiro atoms. The Kier molecular flexibility index (Phi) is 2.49. The minimum Gasteiger partial charge on any atom is -0.504 e. The van der Waals surface area contributed by atoms with Gasteiger partial charge in [0.1, 0.15) is 0 Å². The van der Waals surface area contributed by atoms with Gasteiger partial charge in [-0.25, -0.2) is 0 Å². The zero-order valence-corrected chi connectivity index (χ0v) is 9.92. The van der Waals surface area contributed by atoms with Crippen LogP contribution in [0.3, 0.4) is 0 Å². The van der Waals surface area contributed by atoms with Crippen LogP contribution in [0.1, 0.15) is 0 Å². The monoisotopic (exact) mass is 253 g/mol. The molecule has 0 saturated heterocycles. The van der Waals surface area contributed by atoms with Gasteiger partial charge in [0.05, 0.1) is 10.9 Å². The van der Waals surface area contributed by atoms with Crippen molar-refractivity contribution in [3.05, 3.63) is 58.8 Å². The Balaban J connectivity index is 2.33. The molecule has 19 heavy (non-hydrogen) atoms. The molecule has 1 heterocycles. The van der Waals surface area contributed by atoms with Crippen molar-refractivity contribution in [1.82, 2.24) is 4.98 Å². The minimum absolute atomic E-state index is 0.0969. The maximum Gasteiger partial charge on any atom is 0.193 e. The van der Waals surface area contributed by atoms with E-state index >= 15 is 0 Å². The quantitative estimate of drug-likeness (QED) is 0.584. The SMILES string of the molecule is O=c1cc(-c2ccccc2)[nH]c2ccc(O)c(O)c12. The smallest absolute Gasteiger partial charge is 0.193 e. The molecule has 0 aliphatic rings. The average Bonchev–Trinajstić information content (AvgIpc) is 2.43. The van der Waals surface area contributed by atoms with E-state index in [9.17, 15) is 15.0 Å². The van der Waals surface area contributed by atoms with Crippen molar-refractivity contribution >= 4 is 10.9 Å². The lowest BCUT2D eigenvalue weighted by Crippen LogP contribution is -2.03. The minimum atomic E-state index is -0.390. The first kappa shape index (κ1) is 11.3. The third kappa shape index (κ3) is 1.83. The maximum absolute atomic E-state index is 12.1. The highest BCUT2D eigenvalue weighted by atomic mass is 16.3. The molecule has 0 bridgehead atoms. The summed E-state index contributed by atoms with van der Waals surface area (Å²) >= 11 is 0. The van der Waals surface area contributed by atoms with Crippen molar-refractivity contribution in [2.24, 2.45) is 0 Å². The molecule has 2 aromatic carbocycles. The Labute approximate surface area is 108 Å². The molecule has 0 atom stereocenters. The molecule has 4 heteroatoms. The van der Waals surface area contributed by atoms with Crippen LogP contribution >= 0.6 is 0 Å². The van der Waals surface area contributed by atoms with Gasteiger partial charge in [-0.2, -0.15) is 0 Å². The molecule has 0 saturated carbocycles. The largest absolute Gasteiger partial charge is 0.504 e. The summed E-state index contributed by atoms with van der Waals surface area (Å²) in [7, 11) is 0. The second-order valence-corrected chi connectivity index (χ2v) is 4.27. The zero-order chi connectivity index (χ0) is 13.4. The molecule has 3 aromatic rings. The molecule has 94 valence electrons. The summed E-state index contributed by atoms with van der Waals surface area (Å²) in [5, 5.41) is 19.3. The van der Waals surface area contributed by atoms with Gasteiger partial charge >= 0.3 is 0 Å². The second kappa shape index (κ2) is 4.17. The van der Waals surface area contributed by atoms with E-state index in [2.05, 4.69) is 4.98 Å². The van der Waals surface area contributed by atoms with Crippen molar-refractivity contribution in [1.29, 1.82) is 0 Å². The molecule has 0 radical (unpaired) electrons. The van der Waals surface area contributed by atoms with Gasteiger partial charge in [0.15, 0.2) is 16.9 Å². The van der Waals surface area contributed by atoms with Gasteiger partial charge in [0.25, 0.3) is 0 Å². The second-order valence-electron chi connectivity index (χ2n) is 4.27. The number of rotatable bonds is 1. The molecule has 0 unspecified atom stereocenters. The number of hydrogen-bond donors (Lipinski definition) is 3. The highest BCUT2D eigenvalue weighted by molar-refractivity contribution is 5.88. The normalized spacial score (nSPS) is 10.7. The molecule has 0 aliphatic carbocycles. The highest BCUT2D eigenvalue weighted by Gasteiger charge is 2.10. The third-order valence-electron chi connectivity index (χ3n) is 3.03. The number of benzene rings is 2. The first-order valence-electron chi connectivity index (χ1n) is 5.80. The average molecular weight is 253 g/mol. The molecular formula is C15H11NO3. The number of aromatic nitrogens is 1. The highest BCUT2D eigenvalue weighted by Crippen LogP contribution is 2.31. The van der Waals surface area contributed by atoms with Gasteiger partial charge < -0.3 is 15.2 Å². The van der Waals surface area contributed by atoms with Crippen LogP contribution in [0.2, 0.25) is 0 Å². The van der Waals surface area contributed by atoms with Crippen LogP contribution in [0.15, 0.2) is 53.3 Å². The lowest BCUT2D eigenvalue weighted by atomic mass is 10.1. The molecule has 1 aromatic heterocycles. The molecule has 3 rings (SSSR count). The van der Waals surface area contributed by atoms with E-state index in [-0.39, 0.29) is 16.6 Å².